The normalized spacial score (nSPS) is 18.7. The Morgan fingerprint density at radius 2 is 2.18 bits per heavy atom. The van der Waals surface area contributed by atoms with Crippen molar-refractivity contribution < 1.29 is 4.42 Å². The van der Waals surface area contributed by atoms with E-state index in [0.717, 1.165) is 22.9 Å². The number of hydrogen-bond acceptors (Lipinski definition) is 2. The zero-order valence-corrected chi connectivity index (χ0v) is 12.1. The van der Waals surface area contributed by atoms with Gasteiger partial charge >= 0.3 is 0 Å². The fraction of sp³-hybridized carbons (Fsp3) is 0.714. The molecule has 3 heteroatoms. The standard InChI is InChI=1S/C14H22BrNO/c1-2-9-16-12(10-11-5-3-4-6-11)13-7-8-14(15)17-13/h7-8,11-12,16H,2-6,9-10H2,1H3. The van der Waals surface area contributed by atoms with Gasteiger partial charge in [-0.15, -0.1) is 0 Å². The third-order valence-electron chi connectivity index (χ3n) is 3.62. The highest BCUT2D eigenvalue weighted by atomic mass is 79.9. The Hall–Kier alpha value is -0.280. The Labute approximate surface area is 112 Å². The van der Waals surface area contributed by atoms with E-state index >= 15 is 0 Å². The average Bonchev–Trinajstić information content (AvgIpc) is 2.95. The molecular weight excluding hydrogens is 278 g/mol. The van der Waals surface area contributed by atoms with Gasteiger partial charge in [-0.05, 0) is 53.4 Å². The van der Waals surface area contributed by atoms with Crippen LogP contribution in [0.25, 0.3) is 0 Å². The van der Waals surface area contributed by atoms with Crippen LogP contribution in [0.1, 0.15) is 57.3 Å². The van der Waals surface area contributed by atoms with E-state index in [-0.39, 0.29) is 0 Å². The van der Waals surface area contributed by atoms with Crippen molar-refractivity contribution in [2.45, 2.75) is 51.5 Å². The molecule has 1 unspecified atom stereocenters. The largest absolute Gasteiger partial charge is 0.453 e. The monoisotopic (exact) mass is 299 g/mol. The average molecular weight is 300 g/mol. The third kappa shape index (κ3) is 3.85. The molecule has 1 aliphatic carbocycles. The van der Waals surface area contributed by atoms with Gasteiger partial charge in [-0.1, -0.05) is 32.6 Å². The van der Waals surface area contributed by atoms with Crippen molar-refractivity contribution in [2.75, 3.05) is 6.54 Å². The molecule has 96 valence electrons. The molecule has 0 bridgehead atoms. The van der Waals surface area contributed by atoms with Gasteiger partial charge in [0, 0.05) is 0 Å². The Morgan fingerprint density at radius 1 is 1.41 bits per heavy atom. The topological polar surface area (TPSA) is 25.2 Å². The summed E-state index contributed by atoms with van der Waals surface area (Å²) in [5.41, 5.74) is 0. The van der Waals surface area contributed by atoms with Gasteiger partial charge in [-0.2, -0.15) is 0 Å². The summed E-state index contributed by atoms with van der Waals surface area (Å²) in [6, 6.07) is 4.47. The van der Waals surface area contributed by atoms with Crippen LogP contribution in [0, 0.1) is 5.92 Å². The Balaban J connectivity index is 1.96. The van der Waals surface area contributed by atoms with Gasteiger partial charge in [0.15, 0.2) is 4.67 Å². The molecule has 2 nitrogen and oxygen atoms in total. The third-order valence-corrected chi connectivity index (χ3v) is 4.05. The maximum Gasteiger partial charge on any atom is 0.169 e. The fourth-order valence-electron chi connectivity index (χ4n) is 2.71. The second kappa shape index (κ2) is 6.60. The second-order valence-electron chi connectivity index (χ2n) is 5.03. The lowest BCUT2D eigenvalue weighted by Gasteiger charge is -2.19. The number of rotatable bonds is 6. The number of nitrogens with one attached hydrogen (secondary N) is 1. The Kier molecular flexibility index (Phi) is 5.11. The van der Waals surface area contributed by atoms with Gasteiger partial charge in [-0.25, -0.2) is 0 Å². The summed E-state index contributed by atoms with van der Waals surface area (Å²) in [5.74, 6) is 1.96. The number of hydrogen-bond donors (Lipinski definition) is 1. The van der Waals surface area contributed by atoms with Gasteiger partial charge in [-0.3, -0.25) is 0 Å². The van der Waals surface area contributed by atoms with Gasteiger partial charge in [0.05, 0.1) is 6.04 Å². The van der Waals surface area contributed by atoms with E-state index in [1.807, 2.05) is 6.07 Å². The van der Waals surface area contributed by atoms with E-state index in [2.05, 4.69) is 34.2 Å². The van der Waals surface area contributed by atoms with Crippen molar-refractivity contribution in [1.82, 2.24) is 5.32 Å². The van der Waals surface area contributed by atoms with E-state index in [0.29, 0.717) is 6.04 Å². The van der Waals surface area contributed by atoms with Crippen molar-refractivity contribution in [2.24, 2.45) is 5.92 Å². The lowest BCUT2D eigenvalue weighted by atomic mass is 9.97. The van der Waals surface area contributed by atoms with Crippen LogP contribution in [0.3, 0.4) is 0 Å². The first-order valence-corrected chi connectivity index (χ1v) is 7.57. The first kappa shape index (κ1) is 13.2. The Morgan fingerprint density at radius 3 is 2.76 bits per heavy atom. The van der Waals surface area contributed by atoms with Crippen molar-refractivity contribution in [1.29, 1.82) is 0 Å². The van der Waals surface area contributed by atoms with Crippen LogP contribution in [-0.4, -0.2) is 6.54 Å². The summed E-state index contributed by atoms with van der Waals surface area (Å²) in [6.45, 7) is 3.27. The molecule has 17 heavy (non-hydrogen) atoms. The summed E-state index contributed by atoms with van der Waals surface area (Å²) in [7, 11) is 0. The van der Waals surface area contributed by atoms with Crippen LogP contribution < -0.4 is 5.32 Å². The van der Waals surface area contributed by atoms with Crippen LogP contribution in [0.5, 0.6) is 0 Å². The maximum absolute atomic E-state index is 5.71. The predicted octanol–water partition coefficient (Wildman–Crippen LogP) is 4.66. The highest BCUT2D eigenvalue weighted by molar-refractivity contribution is 9.10. The zero-order chi connectivity index (χ0) is 12.1. The molecule has 0 amide bonds. The molecular formula is C14H22BrNO. The van der Waals surface area contributed by atoms with Gasteiger partial charge in [0.1, 0.15) is 5.76 Å². The smallest absolute Gasteiger partial charge is 0.169 e. The molecule has 1 atom stereocenters. The molecule has 2 rings (SSSR count). The molecule has 1 saturated carbocycles. The van der Waals surface area contributed by atoms with Gasteiger partial charge in [0.2, 0.25) is 0 Å². The minimum atomic E-state index is 0.393. The van der Waals surface area contributed by atoms with E-state index in [4.69, 9.17) is 4.42 Å². The molecule has 1 aromatic rings. The number of halogens is 1. The van der Waals surface area contributed by atoms with Crippen LogP contribution in [-0.2, 0) is 0 Å². The first-order valence-electron chi connectivity index (χ1n) is 6.78. The van der Waals surface area contributed by atoms with Crippen LogP contribution >= 0.6 is 15.9 Å². The minimum Gasteiger partial charge on any atom is -0.453 e. The molecule has 1 fully saturated rings. The summed E-state index contributed by atoms with van der Waals surface area (Å²) in [6.07, 6.45) is 8.00. The van der Waals surface area contributed by atoms with Crippen LogP contribution in [0.15, 0.2) is 21.2 Å². The summed E-state index contributed by atoms with van der Waals surface area (Å²) >= 11 is 3.39. The number of furan rings is 1. The van der Waals surface area contributed by atoms with E-state index in [9.17, 15) is 0 Å². The summed E-state index contributed by atoms with van der Waals surface area (Å²) < 4.78 is 6.54. The van der Waals surface area contributed by atoms with E-state index in [1.165, 1.54) is 38.5 Å². The second-order valence-corrected chi connectivity index (χ2v) is 5.82. The highest BCUT2D eigenvalue weighted by Crippen LogP contribution is 2.34. The predicted molar refractivity (Wildman–Crippen MR) is 74.0 cm³/mol. The molecule has 1 aromatic heterocycles. The molecule has 1 heterocycles. The SMILES string of the molecule is CCCNC(CC1CCCC1)c1ccc(Br)o1. The molecule has 0 saturated heterocycles. The van der Waals surface area contributed by atoms with E-state index < -0.39 is 0 Å². The summed E-state index contributed by atoms with van der Waals surface area (Å²) in [5, 5.41) is 3.61. The molecule has 0 spiro atoms. The Bertz CT molecular complexity index is 331. The van der Waals surface area contributed by atoms with Crippen molar-refractivity contribution in [3.05, 3.63) is 22.6 Å². The first-order chi connectivity index (χ1) is 8.29. The molecule has 1 N–H and O–H groups in total. The van der Waals surface area contributed by atoms with Crippen molar-refractivity contribution >= 4 is 15.9 Å². The fourth-order valence-corrected chi connectivity index (χ4v) is 3.03. The van der Waals surface area contributed by atoms with Gasteiger partial charge < -0.3 is 9.73 Å². The quantitative estimate of drug-likeness (QED) is 0.826. The molecule has 1 aliphatic rings. The molecule has 0 aliphatic heterocycles. The molecule has 0 radical (unpaired) electrons. The van der Waals surface area contributed by atoms with E-state index in [1.54, 1.807) is 0 Å². The van der Waals surface area contributed by atoms with Crippen molar-refractivity contribution in [3.8, 4) is 0 Å². The highest BCUT2D eigenvalue weighted by Gasteiger charge is 2.22. The lowest BCUT2D eigenvalue weighted by molar-refractivity contribution is 0.338. The van der Waals surface area contributed by atoms with Crippen LogP contribution in [0.4, 0.5) is 0 Å². The summed E-state index contributed by atoms with van der Waals surface area (Å²) in [4.78, 5) is 0. The minimum absolute atomic E-state index is 0.393. The van der Waals surface area contributed by atoms with Gasteiger partial charge in [0.25, 0.3) is 0 Å². The van der Waals surface area contributed by atoms with Crippen LogP contribution in [0.2, 0.25) is 0 Å². The maximum atomic E-state index is 5.71. The van der Waals surface area contributed by atoms with Crippen molar-refractivity contribution in [3.63, 3.8) is 0 Å². The zero-order valence-electron chi connectivity index (χ0n) is 10.5. The molecule has 0 aromatic carbocycles. The lowest BCUT2D eigenvalue weighted by Crippen LogP contribution is -2.23.